The average molecular weight is 268 g/mol. The normalized spacial score (nSPS) is 10.5. The van der Waals surface area contributed by atoms with Crippen molar-refractivity contribution in [1.29, 1.82) is 0 Å². The van der Waals surface area contributed by atoms with Gasteiger partial charge >= 0.3 is 5.97 Å². The van der Waals surface area contributed by atoms with Gasteiger partial charge in [-0.15, -0.1) is 5.10 Å². The Hall–Kier alpha value is -1.92. The van der Waals surface area contributed by atoms with Crippen molar-refractivity contribution < 1.29 is 14.7 Å². The summed E-state index contributed by atoms with van der Waals surface area (Å²) in [6, 6.07) is 0. The molecule has 0 unspecified atom stereocenters. The molecule has 1 amide bonds. The molecular weight excluding hydrogens is 248 g/mol. The van der Waals surface area contributed by atoms with Gasteiger partial charge in [0.25, 0.3) is 0 Å². The molecule has 0 aliphatic rings. The predicted octanol–water partition coefficient (Wildman–Crippen LogP) is 0.797. The molecule has 1 aromatic heterocycles. The summed E-state index contributed by atoms with van der Waals surface area (Å²) in [6.45, 7) is 7.03. The summed E-state index contributed by atoms with van der Waals surface area (Å²) in [4.78, 5) is 24.7. The van der Waals surface area contributed by atoms with Gasteiger partial charge in [-0.3, -0.25) is 4.79 Å². The van der Waals surface area contributed by atoms with Gasteiger partial charge in [-0.05, 0) is 20.3 Å². The summed E-state index contributed by atoms with van der Waals surface area (Å²) >= 11 is 0. The first kappa shape index (κ1) is 15.1. The lowest BCUT2D eigenvalue weighted by molar-refractivity contribution is -0.131. The van der Waals surface area contributed by atoms with Crippen molar-refractivity contribution in [2.45, 2.75) is 40.2 Å². The highest BCUT2D eigenvalue weighted by Crippen LogP contribution is 2.09. The highest BCUT2D eigenvalue weighted by atomic mass is 16.4. The van der Waals surface area contributed by atoms with Crippen LogP contribution in [0.25, 0.3) is 0 Å². The second-order valence-electron chi connectivity index (χ2n) is 4.16. The van der Waals surface area contributed by atoms with Crippen molar-refractivity contribution in [3.63, 3.8) is 0 Å². The maximum Gasteiger partial charge on any atom is 0.358 e. The van der Waals surface area contributed by atoms with Crippen LogP contribution < -0.4 is 0 Å². The van der Waals surface area contributed by atoms with Gasteiger partial charge in [0.05, 0.1) is 5.69 Å². The Balaban J connectivity index is 2.94. The van der Waals surface area contributed by atoms with Gasteiger partial charge in [-0.1, -0.05) is 18.6 Å². The zero-order valence-corrected chi connectivity index (χ0v) is 11.6. The van der Waals surface area contributed by atoms with Crippen LogP contribution in [0.1, 0.15) is 43.4 Å². The lowest BCUT2D eigenvalue weighted by Crippen LogP contribution is -2.34. The second kappa shape index (κ2) is 6.86. The SMILES string of the molecule is CCCc1c(C(=O)O)nnn1CC(=O)N(CC)CC. The van der Waals surface area contributed by atoms with E-state index in [-0.39, 0.29) is 18.1 Å². The van der Waals surface area contributed by atoms with E-state index < -0.39 is 5.97 Å². The number of carbonyl (C=O) groups excluding carboxylic acids is 1. The van der Waals surface area contributed by atoms with Crippen molar-refractivity contribution in [3.05, 3.63) is 11.4 Å². The highest BCUT2D eigenvalue weighted by molar-refractivity contribution is 5.86. The number of hydrogen-bond donors (Lipinski definition) is 1. The molecule has 1 N–H and O–H groups in total. The number of nitrogens with zero attached hydrogens (tertiary/aromatic N) is 4. The van der Waals surface area contributed by atoms with Crippen LogP contribution >= 0.6 is 0 Å². The first-order chi connectivity index (χ1) is 9.04. The Labute approximate surface area is 112 Å². The number of aromatic carboxylic acids is 1. The second-order valence-corrected chi connectivity index (χ2v) is 4.16. The summed E-state index contributed by atoms with van der Waals surface area (Å²) in [5, 5.41) is 16.5. The minimum absolute atomic E-state index is 0.0390. The molecule has 7 nitrogen and oxygen atoms in total. The van der Waals surface area contributed by atoms with Crippen molar-refractivity contribution in [3.8, 4) is 0 Å². The summed E-state index contributed by atoms with van der Waals surface area (Å²) < 4.78 is 1.40. The van der Waals surface area contributed by atoms with Gasteiger partial charge < -0.3 is 10.0 Å². The number of amides is 1. The molecule has 0 atom stereocenters. The van der Waals surface area contributed by atoms with Gasteiger partial charge in [-0.25, -0.2) is 9.48 Å². The third-order valence-corrected chi connectivity index (χ3v) is 2.93. The van der Waals surface area contributed by atoms with Crippen LogP contribution in [-0.4, -0.2) is 50.0 Å². The van der Waals surface area contributed by atoms with Crippen LogP contribution in [0.15, 0.2) is 0 Å². The topological polar surface area (TPSA) is 88.3 Å². The Bertz CT molecular complexity index is 452. The van der Waals surface area contributed by atoms with Gasteiger partial charge in [-0.2, -0.15) is 0 Å². The van der Waals surface area contributed by atoms with E-state index in [1.165, 1.54) is 4.68 Å². The molecule has 0 bridgehead atoms. The Morgan fingerprint density at radius 1 is 1.26 bits per heavy atom. The fourth-order valence-electron chi connectivity index (χ4n) is 1.91. The molecule has 1 aromatic rings. The number of carbonyl (C=O) groups is 2. The minimum Gasteiger partial charge on any atom is -0.476 e. The number of likely N-dealkylation sites (N-methyl/N-ethyl adjacent to an activating group) is 1. The molecular formula is C12H20N4O3. The predicted molar refractivity (Wildman–Crippen MR) is 68.9 cm³/mol. The lowest BCUT2D eigenvalue weighted by Gasteiger charge is -2.18. The van der Waals surface area contributed by atoms with Gasteiger partial charge in [0, 0.05) is 13.1 Å². The van der Waals surface area contributed by atoms with E-state index in [1.54, 1.807) is 4.90 Å². The van der Waals surface area contributed by atoms with Crippen molar-refractivity contribution in [2.75, 3.05) is 13.1 Å². The number of rotatable bonds is 7. The van der Waals surface area contributed by atoms with Crippen LogP contribution in [0.5, 0.6) is 0 Å². The summed E-state index contributed by atoms with van der Waals surface area (Å²) in [6.07, 6.45) is 1.31. The van der Waals surface area contributed by atoms with E-state index in [4.69, 9.17) is 5.11 Å². The highest BCUT2D eigenvalue weighted by Gasteiger charge is 2.20. The Morgan fingerprint density at radius 3 is 2.37 bits per heavy atom. The summed E-state index contributed by atoms with van der Waals surface area (Å²) in [7, 11) is 0. The lowest BCUT2D eigenvalue weighted by atomic mass is 10.2. The monoisotopic (exact) mass is 268 g/mol. The summed E-state index contributed by atoms with van der Waals surface area (Å²) in [5.74, 6) is -1.19. The fourth-order valence-corrected chi connectivity index (χ4v) is 1.91. The smallest absolute Gasteiger partial charge is 0.358 e. The first-order valence-electron chi connectivity index (χ1n) is 6.48. The molecule has 0 radical (unpaired) electrons. The fraction of sp³-hybridized carbons (Fsp3) is 0.667. The van der Waals surface area contributed by atoms with E-state index in [2.05, 4.69) is 10.3 Å². The molecule has 106 valence electrons. The van der Waals surface area contributed by atoms with Crippen LogP contribution in [0.4, 0.5) is 0 Å². The van der Waals surface area contributed by atoms with E-state index in [0.717, 1.165) is 6.42 Å². The first-order valence-corrected chi connectivity index (χ1v) is 6.48. The minimum atomic E-state index is -1.11. The van der Waals surface area contributed by atoms with Gasteiger partial charge in [0.2, 0.25) is 5.91 Å². The quantitative estimate of drug-likeness (QED) is 0.790. The molecule has 0 saturated heterocycles. The number of hydrogen-bond acceptors (Lipinski definition) is 4. The van der Waals surface area contributed by atoms with Gasteiger partial charge in [0.1, 0.15) is 6.54 Å². The molecule has 7 heteroatoms. The molecule has 0 fully saturated rings. The molecule has 0 spiro atoms. The van der Waals surface area contributed by atoms with Crippen molar-refractivity contribution >= 4 is 11.9 Å². The Kier molecular flexibility index (Phi) is 5.47. The number of carboxylic acid groups (broad SMARTS) is 1. The molecule has 1 rings (SSSR count). The molecule has 0 aliphatic carbocycles. The van der Waals surface area contributed by atoms with E-state index >= 15 is 0 Å². The van der Waals surface area contributed by atoms with Crippen LogP contribution in [-0.2, 0) is 17.8 Å². The maximum atomic E-state index is 12.0. The molecule has 0 aliphatic heterocycles. The largest absolute Gasteiger partial charge is 0.476 e. The zero-order chi connectivity index (χ0) is 14.4. The maximum absolute atomic E-state index is 12.0. The third-order valence-electron chi connectivity index (χ3n) is 2.93. The molecule has 1 heterocycles. The van der Waals surface area contributed by atoms with Gasteiger partial charge in [0.15, 0.2) is 5.69 Å². The number of aromatic nitrogens is 3. The van der Waals surface area contributed by atoms with E-state index in [0.29, 0.717) is 25.2 Å². The van der Waals surface area contributed by atoms with Crippen molar-refractivity contribution in [1.82, 2.24) is 19.9 Å². The Morgan fingerprint density at radius 2 is 1.89 bits per heavy atom. The standard InChI is InChI=1S/C12H20N4O3/c1-4-7-9-11(12(18)19)13-14-16(9)8-10(17)15(5-2)6-3/h4-8H2,1-3H3,(H,18,19). The molecule has 0 saturated carbocycles. The van der Waals surface area contributed by atoms with E-state index in [9.17, 15) is 9.59 Å². The van der Waals surface area contributed by atoms with Crippen LogP contribution in [0, 0.1) is 0 Å². The van der Waals surface area contributed by atoms with Crippen LogP contribution in [0.2, 0.25) is 0 Å². The summed E-state index contributed by atoms with van der Waals surface area (Å²) in [5.41, 5.74) is 0.449. The molecule has 19 heavy (non-hydrogen) atoms. The number of carboxylic acids is 1. The van der Waals surface area contributed by atoms with Crippen molar-refractivity contribution in [2.24, 2.45) is 0 Å². The van der Waals surface area contributed by atoms with Crippen LogP contribution in [0.3, 0.4) is 0 Å². The third kappa shape index (κ3) is 3.52. The molecule has 0 aromatic carbocycles. The average Bonchev–Trinajstić information content (AvgIpc) is 2.74. The zero-order valence-electron chi connectivity index (χ0n) is 11.6. The van der Waals surface area contributed by atoms with E-state index in [1.807, 2.05) is 20.8 Å².